The number of amidine groups is 1. The number of hydrogen-bond donors (Lipinski definition) is 1. The fourth-order valence-electron chi connectivity index (χ4n) is 1.13. The van der Waals surface area contributed by atoms with Crippen LogP contribution in [0.25, 0.3) is 0 Å². The predicted octanol–water partition coefficient (Wildman–Crippen LogP) is 2.84. The van der Waals surface area contributed by atoms with Crippen LogP contribution in [0.5, 0.6) is 0 Å². The van der Waals surface area contributed by atoms with Crippen LogP contribution >= 0.6 is 11.6 Å². The molecule has 0 aliphatic rings. The van der Waals surface area contributed by atoms with Crippen LogP contribution in [0.4, 0.5) is 24.5 Å². The number of hydrogen-bond acceptors (Lipinski definition) is 3. The first-order chi connectivity index (χ1) is 8.25. The summed E-state index contributed by atoms with van der Waals surface area (Å²) < 4.78 is 37.3. The van der Waals surface area contributed by atoms with Crippen molar-refractivity contribution in [2.75, 3.05) is 5.88 Å². The number of benzene rings is 1. The minimum Gasteiger partial charge on any atom is -0.386 e. The van der Waals surface area contributed by atoms with Gasteiger partial charge in [0.25, 0.3) is 5.69 Å². The number of alkyl halides is 4. The second kappa shape index (κ2) is 5.21. The second-order valence-corrected chi connectivity index (χ2v) is 3.46. The summed E-state index contributed by atoms with van der Waals surface area (Å²) in [5.41, 5.74) is 3.15. The topological polar surface area (TPSA) is 81.5 Å². The Morgan fingerprint density at radius 1 is 1.50 bits per heavy atom. The zero-order valence-corrected chi connectivity index (χ0v) is 9.50. The lowest BCUT2D eigenvalue weighted by Crippen LogP contribution is -2.12. The van der Waals surface area contributed by atoms with Crippen molar-refractivity contribution < 1.29 is 18.1 Å². The first-order valence-corrected chi connectivity index (χ1v) is 5.03. The highest BCUT2D eigenvalue weighted by Gasteiger charge is 2.32. The molecule has 0 fully saturated rings. The molecule has 98 valence electrons. The lowest BCUT2D eigenvalue weighted by molar-refractivity contribution is -0.384. The maximum atomic E-state index is 12.4. The molecule has 0 spiro atoms. The lowest BCUT2D eigenvalue weighted by atomic mass is 10.1. The number of aliphatic imine (C=N–C) groups is 1. The molecule has 9 heteroatoms. The van der Waals surface area contributed by atoms with Crippen LogP contribution in [0.3, 0.4) is 0 Å². The van der Waals surface area contributed by atoms with Crippen LogP contribution in [0.2, 0.25) is 0 Å². The number of nitrogens with two attached hydrogens (primary N) is 1. The summed E-state index contributed by atoms with van der Waals surface area (Å²) in [5, 5.41) is 10.6. The first kappa shape index (κ1) is 14.2. The lowest BCUT2D eigenvalue weighted by Gasteiger charge is -2.07. The van der Waals surface area contributed by atoms with E-state index in [1.165, 1.54) is 0 Å². The molecule has 0 radical (unpaired) electrons. The third kappa shape index (κ3) is 3.33. The van der Waals surface area contributed by atoms with Crippen molar-refractivity contribution in [1.82, 2.24) is 0 Å². The second-order valence-electron chi connectivity index (χ2n) is 3.20. The Morgan fingerprint density at radius 3 is 2.56 bits per heavy atom. The van der Waals surface area contributed by atoms with Crippen LogP contribution in [-0.2, 0) is 6.18 Å². The van der Waals surface area contributed by atoms with E-state index in [1.54, 1.807) is 0 Å². The molecule has 0 aromatic heterocycles. The minimum atomic E-state index is -4.62. The Balaban J connectivity index is 3.38. The van der Waals surface area contributed by atoms with Gasteiger partial charge in [0.05, 0.1) is 16.4 Å². The maximum absolute atomic E-state index is 12.4. The van der Waals surface area contributed by atoms with Crippen molar-refractivity contribution >= 4 is 28.8 Å². The SMILES string of the molecule is NC(CCl)=Nc1cc(C(F)(F)F)ccc1[N+](=O)[O-]. The summed E-state index contributed by atoms with van der Waals surface area (Å²) in [6, 6.07) is 1.88. The summed E-state index contributed by atoms with van der Waals surface area (Å²) in [7, 11) is 0. The van der Waals surface area contributed by atoms with Gasteiger partial charge in [-0.3, -0.25) is 10.1 Å². The normalized spacial score (nSPS) is 12.6. The molecule has 1 rings (SSSR count). The minimum absolute atomic E-state index is 0.209. The van der Waals surface area contributed by atoms with Crippen LogP contribution in [0.15, 0.2) is 23.2 Å². The predicted molar refractivity (Wildman–Crippen MR) is 60.1 cm³/mol. The Bertz CT molecular complexity index is 502. The maximum Gasteiger partial charge on any atom is 0.416 e. The smallest absolute Gasteiger partial charge is 0.386 e. The van der Waals surface area contributed by atoms with Gasteiger partial charge < -0.3 is 5.73 Å². The average molecular weight is 282 g/mol. The molecule has 0 aliphatic heterocycles. The molecule has 1 aromatic rings. The van der Waals surface area contributed by atoms with Crippen molar-refractivity contribution in [2.24, 2.45) is 10.7 Å². The summed E-state index contributed by atoms with van der Waals surface area (Å²) in [6.07, 6.45) is -4.62. The molecule has 0 saturated heterocycles. The van der Waals surface area contributed by atoms with Gasteiger partial charge in [0, 0.05) is 6.07 Å². The highest BCUT2D eigenvalue weighted by Crippen LogP contribution is 2.36. The quantitative estimate of drug-likeness (QED) is 0.304. The van der Waals surface area contributed by atoms with Gasteiger partial charge in [0.1, 0.15) is 11.5 Å². The fraction of sp³-hybridized carbons (Fsp3) is 0.222. The molecule has 0 unspecified atom stereocenters. The summed E-state index contributed by atoms with van der Waals surface area (Å²) in [5.74, 6) is -0.452. The van der Waals surface area contributed by atoms with Crippen molar-refractivity contribution in [1.29, 1.82) is 0 Å². The summed E-state index contributed by atoms with van der Waals surface area (Å²) >= 11 is 5.32. The Labute approximate surface area is 104 Å². The third-order valence-corrected chi connectivity index (χ3v) is 2.17. The van der Waals surface area contributed by atoms with Gasteiger partial charge in [-0.25, -0.2) is 4.99 Å². The number of nitrogens with zero attached hydrogens (tertiary/aromatic N) is 2. The van der Waals surface area contributed by atoms with Crippen molar-refractivity contribution in [2.45, 2.75) is 6.18 Å². The molecule has 0 heterocycles. The van der Waals surface area contributed by atoms with Gasteiger partial charge in [0.15, 0.2) is 0 Å². The standard InChI is InChI=1S/C9H7ClF3N3O2/c10-4-8(14)15-6-3-5(9(11,12)13)1-2-7(6)16(17)18/h1-3H,4H2,(H2,14,15). The number of nitro groups is 1. The van der Waals surface area contributed by atoms with E-state index in [2.05, 4.69) is 4.99 Å². The van der Waals surface area contributed by atoms with Gasteiger partial charge in [-0.2, -0.15) is 13.2 Å². The van der Waals surface area contributed by atoms with Crippen molar-refractivity contribution in [3.05, 3.63) is 33.9 Å². The molecule has 0 saturated carbocycles. The number of nitro benzene ring substituents is 1. The van der Waals surface area contributed by atoms with Gasteiger partial charge in [0.2, 0.25) is 0 Å². The van der Waals surface area contributed by atoms with E-state index >= 15 is 0 Å². The van der Waals surface area contributed by atoms with E-state index in [1.807, 2.05) is 0 Å². The van der Waals surface area contributed by atoms with E-state index in [4.69, 9.17) is 17.3 Å². The van der Waals surface area contributed by atoms with Crippen LogP contribution in [0, 0.1) is 10.1 Å². The molecule has 0 bridgehead atoms. The van der Waals surface area contributed by atoms with Crippen LogP contribution < -0.4 is 5.73 Å². The molecular formula is C9H7ClF3N3O2. The van der Waals surface area contributed by atoms with E-state index in [-0.39, 0.29) is 11.7 Å². The average Bonchev–Trinajstić information content (AvgIpc) is 2.27. The molecule has 1 aromatic carbocycles. The van der Waals surface area contributed by atoms with Gasteiger partial charge in [-0.1, -0.05) is 0 Å². The van der Waals surface area contributed by atoms with Gasteiger partial charge >= 0.3 is 6.18 Å². The van der Waals surface area contributed by atoms with E-state index < -0.39 is 28.0 Å². The van der Waals surface area contributed by atoms with Gasteiger partial charge in [-0.05, 0) is 12.1 Å². The fourth-order valence-corrected chi connectivity index (χ4v) is 1.19. The molecule has 18 heavy (non-hydrogen) atoms. The monoisotopic (exact) mass is 281 g/mol. The summed E-state index contributed by atoms with van der Waals surface area (Å²) in [4.78, 5) is 13.3. The molecule has 5 nitrogen and oxygen atoms in total. The largest absolute Gasteiger partial charge is 0.416 e. The zero-order valence-electron chi connectivity index (χ0n) is 8.74. The molecule has 0 aliphatic carbocycles. The van der Waals surface area contributed by atoms with Crippen molar-refractivity contribution in [3.8, 4) is 0 Å². The molecular weight excluding hydrogens is 275 g/mol. The van der Waals surface area contributed by atoms with Crippen LogP contribution in [0.1, 0.15) is 5.56 Å². The Kier molecular flexibility index (Phi) is 4.12. The summed E-state index contributed by atoms with van der Waals surface area (Å²) in [6.45, 7) is 0. The first-order valence-electron chi connectivity index (χ1n) is 4.50. The molecule has 0 amide bonds. The highest BCUT2D eigenvalue weighted by molar-refractivity contribution is 6.28. The van der Waals surface area contributed by atoms with E-state index in [0.717, 1.165) is 6.07 Å². The third-order valence-electron chi connectivity index (χ3n) is 1.90. The van der Waals surface area contributed by atoms with Crippen molar-refractivity contribution in [3.63, 3.8) is 0 Å². The zero-order chi connectivity index (χ0) is 13.9. The van der Waals surface area contributed by atoms with Gasteiger partial charge in [-0.15, -0.1) is 11.6 Å². The Hall–Kier alpha value is -1.83. The number of rotatable bonds is 3. The highest BCUT2D eigenvalue weighted by atomic mass is 35.5. The van der Waals surface area contributed by atoms with Crippen LogP contribution in [-0.4, -0.2) is 16.6 Å². The Morgan fingerprint density at radius 2 is 2.11 bits per heavy atom. The van der Waals surface area contributed by atoms with E-state index in [0.29, 0.717) is 12.1 Å². The molecule has 2 N–H and O–H groups in total. The number of halogens is 4. The van der Waals surface area contributed by atoms with E-state index in [9.17, 15) is 23.3 Å². The molecule has 0 atom stereocenters.